The van der Waals surface area contributed by atoms with E-state index in [9.17, 15) is 13.2 Å². The molecule has 1 aliphatic heterocycles. The van der Waals surface area contributed by atoms with Crippen molar-refractivity contribution in [1.82, 2.24) is 10.2 Å². The van der Waals surface area contributed by atoms with Gasteiger partial charge in [-0.25, -0.2) is 8.42 Å². The number of hydrogen-bond donors (Lipinski definition) is 1. The molecule has 2 rings (SSSR count). The van der Waals surface area contributed by atoms with Gasteiger partial charge in [-0.15, -0.1) is 0 Å². The van der Waals surface area contributed by atoms with Crippen molar-refractivity contribution in [3.05, 3.63) is 34.4 Å². The Morgan fingerprint density at radius 1 is 1.22 bits per heavy atom. The largest absolute Gasteiger partial charge is 0.351 e. The van der Waals surface area contributed by atoms with Crippen LogP contribution in [0, 0.1) is 13.8 Å². The van der Waals surface area contributed by atoms with Crippen molar-refractivity contribution in [1.29, 1.82) is 0 Å². The molecule has 1 aliphatic rings. The lowest BCUT2D eigenvalue weighted by molar-refractivity contribution is -0.122. The summed E-state index contributed by atoms with van der Waals surface area (Å²) in [6, 6.07) is 4.26. The summed E-state index contributed by atoms with van der Waals surface area (Å²) in [5.41, 5.74) is 5.20. The molecule has 1 saturated heterocycles. The first kappa shape index (κ1) is 21.9. The lowest BCUT2D eigenvalue weighted by Crippen LogP contribution is -2.42. The number of carbonyl (C=O) groups is 1. The van der Waals surface area contributed by atoms with E-state index >= 15 is 0 Å². The fourth-order valence-corrected chi connectivity index (χ4v) is 5.24. The number of aryl methyl sites for hydroxylation is 2. The molecule has 0 aromatic heterocycles. The van der Waals surface area contributed by atoms with E-state index in [1.165, 1.54) is 22.3 Å². The highest BCUT2D eigenvalue weighted by Crippen LogP contribution is 2.27. The van der Waals surface area contributed by atoms with E-state index in [2.05, 4.69) is 57.0 Å². The summed E-state index contributed by atoms with van der Waals surface area (Å²) in [4.78, 5) is 14.5. The molecule has 1 unspecified atom stereocenters. The van der Waals surface area contributed by atoms with Crippen molar-refractivity contribution < 1.29 is 13.2 Å². The third-order valence-corrected chi connectivity index (χ3v) is 7.12. The summed E-state index contributed by atoms with van der Waals surface area (Å²) in [7, 11) is -2.98. The van der Waals surface area contributed by atoms with Crippen LogP contribution in [0.1, 0.15) is 56.4 Å². The molecule has 0 spiro atoms. The van der Waals surface area contributed by atoms with Crippen molar-refractivity contribution in [3.8, 4) is 0 Å². The molecule has 5 nitrogen and oxygen atoms in total. The molecule has 1 heterocycles. The molecule has 1 N–H and O–H groups in total. The summed E-state index contributed by atoms with van der Waals surface area (Å²) in [5.74, 6) is 0.145. The van der Waals surface area contributed by atoms with Gasteiger partial charge < -0.3 is 5.32 Å². The fourth-order valence-electron chi connectivity index (χ4n) is 3.56. The van der Waals surface area contributed by atoms with E-state index < -0.39 is 9.84 Å². The van der Waals surface area contributed by atoms with Crippen molar-refractivity contribution >= 4 is 15.7 Å². The van der Waals surface area contributed by atoms with Crippen LogP contribution in [0.15, 0.2) is 12.1 Å². The van der Waals surface area contributed by atoms with Gasteiger partial charge >= 0.3 is 0 Å². The minimum atomic E-state index is -2.98. The van der Waals surface area contributed by atoms with Gasteiger partial charge in [-0.3, -0.25) is 9.69 Å². The van der Waals surface area contributed by atoms with Crippen molar-refractivity contribution in [2.24, 2.45) is 0 Å². The van der Waals surface area contributed by atoms with Gasteiger partial charge in [0.25, 0.3) is 0 Å². The van der Waals surface area contributed by atoms with Crippen LogP contribution >= 0.6 is 0 Å². The smallest absolute Gasteiger partial charge is 0.234 e. The lowest BCUT2D eigenvalue weighted by atomic mass is 9.83. The van der Waals surface area contributed by atoms with Gasteiger partial charge in [-0.05, 0) is 54.5 Å². The molecule has 1 amide bonds. The first-order valence-electron chi connectivity index (χ1n) is 9.74. The molecule has 1 fully saturated rings. The number of amides is 1. The molecule has 1 aromatic carbocycles. The van der Waals surface area contributed by atoms with E-state index in [0.717, 1.165) is 13.1 Å². The standard InChI is InChI=1S/C21H34N2O3S/c1-7-23(13-20(24)22-18-8-9-27(25,26)14-18)12-19-15(2)10-17(11-16(19)3)21(4,5)6/h10-11,18H,7-9,12-14H2,1-6H3,(H,22,24). The zero-order valence-electron chi connectivity index (χ0n) is 17.6. The number of carbonyl (C=O) groups excluding carboxylic acids is 1. The highest BCUT2D eigenvalue weighted by atomic mass is 32.2. The summed E-state index contributed by atoms with van der Waals surface area (Å²) >= 11 is 0. The zero-order chi connectivity index (χ0) is 20.4. The minimum Gasteiger partial charge on any atom is -0.351 e. The second-order valence-corrected chi connectivity index (χ2v) is 11.0. The predicted molar refractivity (Wildman–Crippen MR) is 111 cm³/mol. The normalized spacial score (nSPS) is 19.4. The molecule has 0 bridgehead atoms. The second-order valence-electron chi connectivity index (χ2n) is 8.81. The third-order valence-electron chi connectivity index (χ3n) is 5.36. The van der Waals surface area contributed by atoms with Crippen LogP contribution in [0.3, 0.4) is 0 Å². The Kier molecular flexibility index (Phi) is 6.74. The summed E-state index contributed by atoms with van der Waals surface area (Å²) in [6.45, 7) is 14.7. The number of likely N-dealkylation sites (N-methyl/N-ethyl adjacent to an activating group) is 1. The van der Waals surface area contributed by atoms with E-state index in [0.29, 0.717) is 6.42 Å². The quantitative estimate of drug-likeness (QED) is 0.806. The molecule has 0 saturated carbocycles. The second kappa shape index (κ2) is 8.31. The predicted octanol–water partition coefficient (Wildman–Crippen LogP) is 2.73. The van der Waals surface area contributed by atoms with Gasteiger partial charge in [0, 0.05) is 12.6 Å². The zero-order valence-corrected chi connectivity index (χ0v) is 18.4. The molecule has 27 heavy (non-hydrogen) atoms. The van der Waals surface area contributed by atoms with Gasteiger partial charge in [-0.1, -0.05) is 39.8 Å². The number of hydrogen-bond acceptors (Lipinski definition) is 4. The highest BCUT2D eigenvalue weighted by molar-refractivity contribution is 7.91. The maximum atomic E-state index is 12.4. The van der Waals surface area contributed by atoms with E-state index in [1.54, 1.807) is 0 Å². The number of rotatable bonds is 6. The monoisotopic (exact) mass is 394 g/mol. The average Bonchev–Trinajstić information content (AvgIpc) is 2.87. The Hall–Kier alpha value is -1.40. The molecule has 0 aliphatic carbocycles. The Morgan fingerprint density at radius 2 is 1.81 bits per heavy atom. The first-order chi connectivity index (χ1) is 12.4. The van der Waals surface area contributed by atoms with Gasteiger partial charge in [-0.2, -0.15) is 0 Å². The van der Waals surface area contributed by atoms with Crippen LogP contribution < -0.4 is 5.32 Å². The Bertz CT molecular complexity index is 771. The van der Waals surface area contributed by atoms with Gasteiger partial charge in [0.1, 0.15) is 0 Å². The van der Waals surface area contributed by atoms with Crippen LogP contribution in [-0.4, -0.2) is 49.9 Å². The van der Waals surface area contributed by atoms with Gasteiger partial charge in [0.15, 0.2) is 9.84 Å². The van der Waals surface area contributed by atoms with Crippen molar-refractivity contribution in [2.45, 2.75) is 66.0 Å². The number of benzene rings is 1. The molecule has 1 atom stereocenters. The van der Waals surface area contributed by atoms with E-state index in [1.807, 2.05) is 6.92 Å². The maximum absolute atomic E-state index is 12.4. The first-order valence-corrected chi connectivity index (χ1v) is 11.6. The van der Waals surface area contributed by atoms with Crippen LogP contribution in [-0.2, 0) is 26.6 Å². The number of nitrogens with one attached hydrogen (secondary N) is 1. The van der Waals surface area contributed by atoms with Crippen LogP contribution in [0.5, 0.6) is 0 Å². The summed E-state index contributed by atoms with van der Waals surface area (Å²) in [5, 5.41) is 2.88. The van der Waals surface area contributed by atoms with Crippen LogP contribution in [0.4, 0.5) is 0 Å². The molecule has 1 aromatic rings. The SMILES string of the molecule is CCN(CC(=O)NC1CCS(=O)(=O)C1)Cc1c(C)cc(C(C)(C)C)cc1C. The third kappa shape index (κ3) is 6.04. The fraction of sp³-hybridized carbons (Fsp3) is 0.667. The van der Waals surface area contributed by atoms with E-state index in [-0.39, 0.29) is 35.4 Å². The maximum Gasteiger partial charge on any atom is 0.234 e. The van der Waals surface area contributed by atoms with Crippen LogP contribution in [0.2, 0.25) is 0 Å². The van der Waals surface area contributed by atoms with Gasteiger partial charge in [0.05, 0.1) is 18.1 Å². The molecular formula is C21H34N2O3S. The molecular weight excluding hydrogens is 360 g/mol. The molecule has 0 radical (unpaired) electrons. The van der Waals surface area contributed by atoms with Crippen LogP contribution in [0.25, 0.3) is 0 Å². The number of nitrogens with zero attached hydrogens (tertiary/aromatic N) is 1. The average molecular weight is 395 g/mol. The molecule has 152 valence electrons. The lowest BCUT2D eigenvalue weighted by Gasteiger charge is -2.26. The highest BCUT2D eigenvalue weighted by Gasteiger charge is 2.29. The Balaban J connectivity index is 2.03. The van der Waals surface area contributed by atoms with Crippen molar-refractivity contribution in [2.75, 3.05) is 24.6 Å². The minimum absolute atomic E-state index is 0.0668. The van der Waals surface area contributed by atoms with Crippen molar-refractivity contribution in [3.63, 3.8) is 0 Å². The Morgan fingerprint density at radius 3 is 2.26 bits per heavy atom. The Labute approximate surface area is 164 Å². The van der Waals surface area contributed by atoms with Gasteiger partial charge in [0.2, 0.25) is 5.91 Å². The summed E-state index contributed by atoms with van der Waals surface area (Å²) < 4.78 is 23.1. The summed E-state index contributed by atoms with van der Waals surface area (Å²) in [6.07, 6.45) is 0.521. The topological polar surface area (TPSA) is 66.5 Å². The molecule has 6 heteroatoms. The van der Waals surface area contributed by atoms with E-state index in [4.69, 9.17) is 0 Å². The number of sulfone groups is 1.